The Morgan fingerprint density at radius 1 is 1.38 bits per heavy atom. The predicted octanol–water partition coefficient (Wildman–Crippen LogP) is 4.37. The lowest BCUT2D eigenvalue weighted by Crippen LogP contribution is -2.00. The lowest BCUT2D eigenvalue weighted by Gasteiger charge is -2.08. The van der Waals surface area contributed by atoms with Crippen molar-refractivity contribution in [2.75, 3.05) is 5.32 Å². The third-order valence-corrected chi connectivity index (χ3v) is 3.50. The van der Waals surface area contributed by atoms with Crippen molar-refractivity contribution in [3.05, 3.63) is 44.3 Å². The van der Waals surface area contributed by atoms with E-state index in [2.05, 4.69) is 10.3 Å². The summed E-state index contributed by atoms with van der Waals surface area (Å²) in [6, 6.07) is 5.77. The second kappa shape index (κ2) is 5.04. The van der Waals surface area contributed by atoms with E-state index in [0.29, 0.717) is 10.9 Å². The van der Waals surface area contributed by atoms with Gasteiger partial charge in [-0.05, 0) is 24.6 Å². The Morgan fingerprint density at radius 2 is 2.19 bits per heavy atom. The average Bonchev–Trinajstić information content (AvgIpc) is 2.66. The normalized spacial score (nSPS) is 10.4. The van der Waals surface area contributed by atoms with Gasteiger partial charge in [0.05, 0.1) is 12.7 Å². The van der Waals surface area contributed by atoms with Gasteiger partial charge >= 0.3 is 0 Å². The highest BCUT2D eigenvalue weighted by atomic mass is 35.5. The number of anilines is 1. The summed E-state index contributed by atoms with van der Waals surface area (Å²) in [7, 11) is 0. The molecular weight excluding hydrogens is 263 g/mol. The van der Waals surface area contributed by atoms with E-state index in [-0.39, 0.29) is 0 Å². The number of aryl methyl sites for hydroxylation is 1. The molecule has 2 nitrogen and oxygen atoms in total. The van der Waals surface area contributed by atoms with Gasteiger partial charge in [0.25, 0.3) is 0 Å². The van der Waals surface area contributed by atoms with E-state index < -0.39 is 0 Å². The Morgan fingerprint density at radius 3 is 2.88 bits per heavy atom. The van der Waals surface area contributed by atoms with Crippen LogP contribution >= 0.6 is 34.5 Å². The summed E-state index contributed by atoms with van der Waals surface area (Å²) in [5, 5.41) is 4.98. The van der Waals surface area contributed by atoms with Gasteiger partial charge in [-0.3, -0.25) is 0 Å². The zero-order valence-electron chi connectivity index (χ0n) is 8.63. The van der Waals surface area contributed by atoms with Gasteiger partial charge in [0.15, 0.2) is 0 Å². The zero-order chi connectivity index (χ0) is 11.5. The van der Waals surface area contributed by atoms with E-state index in [1.54, 1.807) is 6.20 Å². The summed E-state index contributed by atoms with van der Waals surface area (Å²) in [6.07, 6.45) is 1.66. The van der Waals surface area contributed by atoms with Crippen molar-refractivity contribution in [3.8, 4) is 0 Å². The Bertz CT molecular complexity index is 496. The van der Waals surface area contributed by atoms with Gasteiger partial charge in [-0.25, -0.2) is 4.98 Å². The first-order chi connectivity index (χ1) is 7.65. The fraction of sp³-hybridized carbons (Fsp3) is 0.182. The number of thiazole rings is 1. The van der Waals surface area contributed by atoms with Crippen LogP contribution in [0.5, 0.6) is 0 Å². The maximum absolute atomic E-state index is 5.93. The fourth-order valence-electron chi connectivity index (χ4n) is 1.33. The number of nitrogens with zero attached hydrogens (tertiary/aromatic N) is 1. The molecule has 0 unspecified atom stereocenters. The molecule has 2 aromatic rings. The highest BCUT2D eigenvalue weighted by Gasteiger charge is 2.02. The third kappa shape index (κ3) is 2.88. The van der Waals surface area contributed by atoms with Gasteiger partial charge in [0.2, 0.25) is 0 Å². The van der Waals surface area contributed by atoms with Gasteiger partial charge in [-0.15, -0.1) is 11.3 Å². The van der Waals surface area contributed by atoms with Crippen LogP contribution in [0.2, 0.25) is 9.36 Å². The molecule has 2 rings (SSSR count). The van der Waals surface area contributed by atoms with E-state index in [4.69, 9.17) is 23.2 Å². The minimum absolute atomic E-state index is 0.665. The van der Waals surface area contributed by atoms with Crippen molar-refractivity contribution < 1.29 is 0 Å². The minimum Gasteiger partial charge on any atom is -0.378 e. The van der Waals surface area contributed by atoms with Gasteiger partial charge in [0, 0.05) is 10.7 Å². The molecule has 0 saturated carbocycles. The molecule has 0 aliphatic heterocycles. The Balaban J connectivity index is 2.07. The summed E-state index contributed by atoms with van der Waals surface area (Å²) in [4.78, 5) is 4.17. The number of rotatable bonds is 3. The first-order valence-electron chi connectivity index (χ1n) is 4.75. The molecule has 1 N–H and O–H groups in total. The first-order valence-corrected chi connectivity index (χ1v) is 6.32. The monoisotopic (exact) mass is 272 g/mol. The van der Waals surface area contributed by atoms with Crippen LogP contribution in [-0.4, -0.2) is 4.98 Å². The topological polar surface area (TPSA) is 24.9 Å². The number of hydrogen-bond donors (Lipinski definition) is 1. The van der Waals surface area contributed by atoms with Crippen LogP contribution < -0.4 is 5.32 Å². The molecule has 0 spiro atoms. The summed E-state index contributed by atoms with van der Waals surface area (Å²) < 4.78 is 0.708. The van der Waals surface area contributed by atoms with Gasteiger partial charge in [0.1, 0.15) is 9.34 Å². The number of aromatic nitrogens is 1. The molecule has 5 heteroatoms. The van der Waals surface area contributed by atoms with Crippen LogP contribution in [0.4, 0.5) is 5.69 Å². The molecule has 1 aromatic heterocycles. The van der Waals surface area contributed by atoms with Crippen LogP contribution in [0, 0.1) is 6.92 Å². The lowest BCUT2D eigenvalue weighted by atomic mass is 10.2. The molecule has 0 atom stereocenters. The first kappa shape index (κ1) is 11.7. The SMILES string of the molecule is Cc1ccc(Cl)cc1NCc1ncc(Cl)s1. The van der Waals surface area contributed by atoms with Gasteiger partial charge in [-0.1, -0.05) is 29.3 Å². The standard InChI is InChI=1S/C11H10Cl2N2S/c1-7-2-3-8(12)4-9(7)14-6-11-15-5-10(13)16-11/h2-5,14H,6H2,1H3. The molecule has 84 valence electrons. The largest absolute Gasteiger partial charge is 0.378 e. The third-order valence-electron chi connectivity index (χ3n) is 2.16. The van der Waals surface area contributed by atoms with Crippen molar-refractivity contribution in [1.29, 1.82) is 0 Å². The van der Waals surface area contributed by atoms with Crippen molar-refractivity contribution in [2.24, 2.45) is 0 Å². The van der Waals surface area contributed by atoms with Crippen LogP contribution in [0.15, 0.2) is 24.4 Å². The van der Waals surface area contributed by atoms with Gasteiger partial charge < -0.3 is 5.32 Å². The molecule has 16 heavy (non-hydrogen) atoms. The van der Waals surface area contributed by atoms with Crippen LogP contribution in [0.1, 0.15) is 10.6 Å². The fourth-order valence-corrected chi connectivity index (χ4v) is 2.39. The molecule has 1 heterocycles. The maximum Gasteiger partial charge on any atom is 0.113 e. The van der Waals surface area contributed by atoms with Gasteiger partial charge in [-0.2, -0.15) is 0 Å². The number of nitrogens with one attached hydrogen (secondary N) is 1. The van der Waals surface area contributed by atoms with Crippen molar-refractivity contribution in [2.45, 2.75) is 13.5 Å². The Hall–Kier alpha value is -0.770. The summed E-state index contributed by atoms with van der Waals surface area (Å²) in [6.45, 7) is 2.70. The highest BCUT2D eigenvalue weighted by Crippen LogP contribution is 2.23. The predicted molar refractivity (Wildman–Crippen MR) is 70.6 cm³/mol. The second-order valence-corrected chi connectivity index (χ2v) is 5.55. The van der Waals surface area contributed by atoms with Crippen molar-refractivity contribution in [3.63, 3.8) is 0 Å². The molecule has 0 aliphatic carbocycles. The number of benzene rings is 1. The van der Waals surface area contributed by atoms with Crippen LogP contribution in [-0.2, 0) is 6.54 Å². The molecule has 0 amide bonds. The quantitative estimate of drug-likeness (QED) is 0.898. The Kier molecular flexibility index (Phi) is 3.69. The van der Waals surface area contributed by atoms with E-state index in [9.17, 15) is 0 Å². The highest BCUT2D eigenvalue weighted by molar-refractivity contribution is 7.15. The molecule has 0 radical (unpaired) electrons. The molecule has 0 aliphatic rings. The number of hydrogen-bond acceptors (Lipinski definition) is 3. The van der Waals surface area contributed by atoms with Crippen molar-refractivity contribution in [1.82, 2.24) is 4.98 Å². The van der Waals surface area contributed by atoms with Crippen molar-refractivity contribution >= 4 is 40.2 Å². The van der Waals surface area contributed by atoms with E-state index in [0.717, 1.165) is 21.3 Å². The van der Waals surface area contributed by atoms with Crippen LogP contribution in [0.3, 0.4) is 0 Å². The van der Waals surface area contributed by atoms with E-state index in [1.165, 1.54) is 11.3 Å². The number of halogens is 2. The van der Waals surface area contributed by atoms with Crippen LogP contribution in [0.25, 0.3) is 0 Å². The second-order valence-electron chi connectivity index (χ2n) is 3.37. The van der Waals surface area contributed by atoms with E-state index in [1.807, 2.05) is 25.1 Å². The summed E-state index contributed by atoms with van der Waals surface area (Å²) >= 11 is 13.2. The smallest absolute Gasteiger partial charge is 0.113 e. The summed E-state index contributed by atoms with van der Waals surface area (Å²) in [5.41, 5.74) is 2.19. The molecule has 0 bridgehead atoms. The zero-order valence-corrected chi connectivity index (χ0v) is 11.0. The molecular formula is C11H10Cl2N2S. The average molecular weight is 273 g/mol. The Labute approximate surface area is 108 Å². The molecule has 1 aromatic carbocycles. The lowest BCUT2D eigenvalue weighted by molar-refractivity contribution is 1.10. The van der Waals surface area contributed by atoms with E-state index >= 15 is 0 Å². The minimum atomic E-state index is 0.665. The molecule has 0 fully saturated rings. The summed E-state index contributed by atoms with van der Waals surface area (Å²) in [5.74, 6) is 0. The maximum atomic E-state index is 5.93. The molecule has 0 saturated heterocycles.